The zero-order chi connectivity index (χ0) is 22.3. The molecule has 0 spiro atoms. The summed E-state index contributed by atoms with van der Waals surface area (Å²) in [6, 6.07) is 11.4. The predicted octanol–water partition coefficient (Wildman–Crippen LogP) is 5.61. The standard InChI is InChI=1S/C22H16F3NO4S/c1-30-14-8-4-12(5-9-14)17-18-19(31-20(17)21(28)29)15(10-16(27)26-18)11-2-6-13(7-3-11)22(23,24)25/h2-9,15H,10H2,1H3,(H,26,27)(H,28,29)/t15-/m1/s1. The van der Waals surface area contributed by atoms with Gasteiger partial charge in [-0.05, 0) is 35.4 Å². The van der Waals surface area contributed by atoms with E-state index in [9.17, 15) is 27.9 Å². The number of benzene rings is 2. The number of alkyl halides is 3. The van der Waals surface area contributed by atoms with Gasteiger partial charge in [0.05, 0.1) is 18.4 Å². The highest BCUT2D eigenvalue weighted by molar-refractivity contribution is 7.15. The number of halogens is 3. The van der Waals surface area contributed by atoms with Crippen molar-refractivity contribution < 1.29 is 32.6 Å². The van der Waals surface area contributed by atoms with Crippen molar-refractivity contribution in [2.24, 2.45) is 0 Å². The molecule has 31 heavy (non-hydrogen) atoms. The minimum absolute atomic E-state index is 0.0139. The lowest BCUT2D eigenvalue weighted by molar-refractivity contribution is -0.137. The predicted molar refractivity (Wildman–Crippen MR) is 110 cm³/mol. The first kappa shape index (κ1) is 20.9. The average Bonchev–Trinajstić information content (AvgIpc) is 3.12. The first-order valence-corrected chi connectivity index (χ1v) is 10.0. The number of hydrogen-bond donors (Lipinski definition) is 2. The Kier molecular flexibility index (Phi) is 5.22. The van der Waals surface area contributed by atoms with Crippen LogP contribution in [0.15, 0.2) is 48.5 Å². The third kappa shape index (κ3) is 3.88. The van der Waals surface area contributed by atoms with E-state index in [1.165, 1.54) is 19.2 Å². The van der Waals surface area contributed by atoms with Crippen LogP contribution in [-0.4, -0.2) is 24.1 Å². The quantitative estimate of drug-likeness (QED) is 0.545. The molecule has 5 nitrogen and oxygen atoms in total. The molecule has 4 rings (SSSR count). The monoisotopic (exact) mass is 447 g/mol. The molecule has 2 N–H and O–H groups in total. The molecule has 0 radical (unpaired) electrons. The van der Waals surface area contributed by atoms with Gasteiger partial charge in [-0.2, -0.15) is 13.2 Å². The highest BCUT2D eigenvalue weighted by Crippen LogP contribution is 2.49. The summed E-state index contributed by atoms with van der Waals surface area (Å²) in [5, 5.41) is 12.5. The van der Waals surface area contributed by atoms with Crippen molar-refractivity contribution in [3.8, 4) is 16.9 Å². The van der Waals surface area contributed by atoms with Crippen molar-refractivity contribution in [3.05, 3.63) is 69.4 Å². The molecule has 0 aliphatic carbocycles. The number of carbonyl (C=O) groups excluding carboxylic acids is 1. The number of anilines is 1. The van der Waals surface area contributed by atoms with Crippen LogP contribution in [0.25, 0.3) is 11.1 Å². The molecule has 0 unspecified atom stereocenters. The first-order valence-electron chi connectivity index (χ1n) is 9.20. The lowest BCUT2D eigenvalue weighted by Crippen LogP contribution is -2.22. The van der Waals surface area contributed by atoms with Crippen LogP contribution in [0.4, 0.5) is 18.9 Å². The van der Waals surface area contributed by atoms with Crippen molar-refractivity contribution in [2.75, 3.05) is 12.4 Å². The van der Waals surface area contributed by atoms with Crippen molar-refractivity contribution >= 4 is 28.9 Å². The van der Waals surface area contributed by atoms with Crippen molar-refractivity contribution in [3.63, 3.8) is 0 Å². The second kappa shape index (κ2) is 7.73. The van der Waals surface area contributed by atoms with Crippen LogP contribution in [0, 0.1) is 0 Å². The van der Waals surface area contributed by atoms with E-state index in [-0.39, 0.29) is 17.2 Å². The van der Waals surface area contributed by atoms with Crippen molar-refractivity contribution in [1.82, 2.24) is 0 Å². The lowest BCUT2D eigenvalue weighted by atomic mass is 9.88. The molecule has 2 heterocycles. The van der Waals surface area contributed by atoms with E-state index in [0.29, 0.717) is 33.0 Å². The minimum atomic E-state index is -4.46. The molecule has 3 aromatic rings. The largest absolute Gasteiger partial charge is 0.497 e. The molecule has 2 aromatic carbocycles. The number of rotatable bonds is 4. The molecule has 1 aliphatic rings. The molecule has 0 bridgehead atoms. The maximum absolute atomic E-state index is 12.9. The molecule has 0 saturated carbocycles. The number of fused-ring (bicyclic) bond motifs is 1. The molecule has 9 heteroatoms. The maximum atomic E-state index is 12.9. The van der Waals surface area contributed by atoms with Crippen molar-refractivity contribution in [1.29, 1.82) is 0 Å². The Bertz CT molecular complexity index is 1150. The Morgan fingerprint density at radius 2 is 1.77 bits per heavy atom. The number of aromatic carboxylic acids is 1. The van der Waals surface area contributed by atoms with Gasteiger partial charge in [-0.3, -0.25) is 4.79 Å². The van der Waals surface area contributed by atoms with Gasteiger partial charge in [-0.1, -0.05) is 24.3 Å². The van der Waals surface area contributed by atoms with Gasteiger partial charge in [-0.15, -0.1) is 11.3 Å². The molecule has 0 fully saturated rings. The zero-order valence-electron chi connectivity index (χ0n) is 16.1. The topological polar surface area (TPSA) is 75.6 Å². The summed E-state index contributed by atoms with van der Waals surface area (Å²) in [5.41, 5.74) is 1.08. The lowest BCUT2D eigenvalue weighted by Gasteiger charge is -2.24. The molecule has 1 amide bonds. The maximum Gasteiger partial charge on any atom is 0.416 e. The molecule has 0 saturated heterocycles. The summed E-state index contributed by atoms with van der Waals surface area (Å²) < 4.78 is 43.9. The highest BCUT2D eigenvalue weighted by Gasteiger charge is 2.35. The normalized spacial score (nSPS) is 15.9. The Morgan fingerprint density at radius 1 is 1.13 bits per heavy atom. The van der Waals surface area contributed by atoms with E-state index in [1.54, 1.807) is 24.3 Å². The first-order chi connectivity index (χ1) is 14.7. The molecular weight excluding hydrogens is 431 g/mol. The van der Waals surface area contributed by atoms with Crippen LogP contribution in [-0.2, 0) is 11.0 Å². The van der Waals surface area contributed by atoms with Gasteiger partial charge in [0, 0.05) is 22.8 Å². The Balaban J connectivity index is 1.84. The van der Waals surface area contributed by atoms with Gasteiger partial charge in [0.15, 0.2) is 0 Å². The third-order valence-electron chi connectivity index (χ3n) is 5.12. The van der Waals surface area contributed by atoms with E-state index in [1.807, 2.05) is 0 Å². The second-order valence-electron chi connectivity index (χ2n) is 7.00. The number of carboxylic acid groups (broad SMARTS) is 1. The summed E-state index contributed by atoms with van der Waals surface area (Å²) in [5.74, 6) is -1.43. The number of nitrogens with one attached hydrogen (secondary N) is 1. The van der Waals surface area contributed by atoms with Crippen LogP contribution in [0.2, 0.25) is 0 Å². The second-order valence-corrected chi connectivity index (χ2v) is 8.06. The van der Waals surface area contributed by atoms with Crippen LogP contribution in [0.5, 0.6) is 5.75 Å². The van der Waals surface area contributed by atoms with E-state index in [0.717, 1.165) is 23.5 Å². The van der Waals surface area contributed by atoms with Gasteiger partial charge in [0.25, 0.3) is 0 Å². The Hall–Kier alpha value is -3.33. The summed E-state index contributed by atoms with van der Waals surface area (Å²) in [6.07, 6.45) is -4.45. The molecule has 1 atom stereocenters. The average molecular weight is 447 g/mol. The number of ether oxygens (including phenoxy) is 1. The number of thiophene rings is 1. The van der Waals surface area contributed by atoms with E-state index >= 15 is 0 Å². The van der Waals surface area contributed by atoms with E-state index in [4.69, 9.17) is 4.74 Å². The number of carbonyl (C=O) groups is 2. The van der Waals surface area contributed by atoms with Crippen LogP contribution in [0.1, 0.15) is 38.0 Å². The summed E-state index contributed by atoms with van der Waals surface area (Å²) in [4.78, 5) is 25.1. The fraction of sp³-hybridized carbons (Fsp3) is 0.182. The molecule has 1 aliphatic heterocycles. The summed E-state index contributed by atoms with van der Waals surface area (Å²) >= 11 is 1.02. The molecule has 1 aromatic heterocycles. The summed E-state index contributed by atoms with van der Waals surface area (Å²) in [6.45, 7) is 0. The van der Waals surface area contributed by atoms with E-state index in [2.05, 4.69) is 5.32 Å². The summed E-state index contributed by atoms with van der Waals surface area (Å²) in [7, 11) is 1.51. The van der Waals surface area contributed by atoms with Gasteiger partial charge < -0.3 is 15.2 Å². The Labute approximate surface area is 179 Å². The fourth-order valence-electron chi connectivity index (χ4n) is 3.64. The minimum Gasteiger partial charge on any atom is -0.497 e. The van der Waals surface area contributed by atoms with Crippen LogP contribution >= 0.6 is 11.3 Å². The van der Waals surface area contributed by atoms with Crippen LogP contribution in [0.3, 0.4) is 0 Å². The van der Waals surface area contributed by atoms with Gasteiger partial charge in [0.1, 0.15) is 10.6 Å². The molecular formula is C22H16F3NO4S. The number of amides is 1. The smallest absolute Gasteiger partial charge is 0.416 e. The van der Waals surface area contributed by atoms with E-state index < -0.39 is 23.6 Å². The Morgan fingerprint density at radius 3 is 2.32 bits per heavy atom. The number of hydrogen-bond acceptors (Lipinski definition) is 4. The number of carboxylic acids is 1. The fourth-order valence-corrected chi connectivity index (χ4v) is 4.89. The third-order valence-corrected chi connectivity index (χ3v) is 6.41. The van der Waals surface area contributed by atoms with Gasteiger partial charge in [-0.25, -0.2) is 4.79 Å². The SMILES string of the molecule is COc1ccc(-c2c(C(=O)O)sc3c2NC(=O)C[C@@H]3c2ccc(C(F)(F)F)cc2)cc1. The molecule has 160 valence electrons. The van der Waals surface area contributed by atoms with Crippen molar-refractivity contribution in [2.45, 2.75) is 18.5 Å². The zero-order valence-corrected chi connectivity index (χ0v) is 16.9. The highest BCUT2D eigenvalue weighted by atomic mass is 32.1. The van der Waals surface area contributed by atoms with Crippen LogP contribution < -0.4 is 10.1 Å². The van der Waals surface area contributed by atoms with Gasteiger partial charge in [0.2, 0.25) is 5.91 Å². The number of methoxy groups -OCH3 is 1. The van der Waals surface area contributed by atoms with Gasteiger partial charge >= 0.3 is 12.1 Å².